The largest absolute Gasteiger partial charge is 0.431 e. The number of nitrogens with one attached hydrogen (secondary N) is 1. The molecule has 0 bridgehead atoms. The minimum absolute atomic E-state index is 0.198. The van der Waals surface area contributed by atoms with Gasteiger partial charge in [0.15, 0.2) is 5.82 Å². The van der Waals surface area contributed by atoms with Gasteiger partial charge in [-0.15, -0.1) is 0 Å². The summed E-state index contributed by atoms with van der Waals surface area (Å²) in [5.74, 6) is 1.33. The minimum Gasteiger partial charge on any atom is -0.378 e. The van der Waals surface area contributed by atoms with Gasteiger partial charge < -0.3 is 25.5 Å². The molecule has 0 unspecified atom stereocenters. The third-order valence-electron chi connectivity index (χ3n) is 4.53. The van der Waals surface area contributed by atoms with E-state index in [4.69, 9.17) is 20.3 Å². The molecule has 2 aromatic rings. The molecule has 1 fully saturated rings. The molecule has 0 atom stereocenters. The Bertz CT molecular complexity index is 854. The van der Waals surface area contributed by atoms with Gasteiger partial charge in [-0.05, 0) is 13.3 Å². The first-order chi connectivity index (χ1) is 13.7. The van der Waals surface area contributed by atoms with E-state index in [2.05, 4.69) is 20.3 Å². The zero-order valence-electron chi connectivity index (χ0n) is 15.6. The van der Waals surface area contributed by atoms with E-state index in [1.807, 2.05) is 11.8 Å². The predicted molar refractivity (Wildman–Crippen MR) is 102 cm³/mol. The smallest absolute Gasteiger partial charge is 0.378 e. The van der Waals surface area contributed by atoms with Crippen LogP contribution >= 0.6 is 0 Å². The monoisotopic (exact) mass is 386 g/mol. The molecule has 0 aliphatic carbocycles. The van der Waals surface area contributed by atoms with E-state index in [1.165, 1.54) is 5.06 Å². The van der Waals surface area contributed by atoms with E-state index in [9.17, 15) is 4.79 Å². The van der Waals surface area contributed by atoms with Crippen LogP contribution in [0.25, 0.3) is 11.3 Å². The fourth-order valence-electron chi connectivity index (χ4n) is 3.19. The standard InChI is InChI=1S/C17H22N8O3/c1-2-19-17(26)28-25-4-3-12-13(11-9-20-15(18)21-10-11)22-16(23-14(12)25)24-5-7-27-8-6-24/h9-10H,2-8H2,1H3,(H,19,26)(H2,18,20,21). The van der Waals surface area contributed by atoms with Crippen molar-refractivity contribution in [1.29, 1.82) is 0 Å². The molecule has 148 valence electrons. The third-order valence-corrected chi connectivity index (χ3v) is 4.53. The predicted octanol–water partition coefficient (Wildman–Crippen LogP) is 0.376. The molecule has 2 aromatic heterocycles. The maximum atomic E-state index is 11.9. The van der Waals surface area contributed by atoms with Crippen LogP contribution in [0.15, 0.2) is 12.4 Å². The highest BCUT2D eigenvalue weighted by molar-refractivity contribution is 5.74. The lowest BCUT2D eigenvalue weighted by molar-refractivity contribution is 0.122. The number of anilines is 3. The highest BCUT2D eigenvalue weighted by atomic mass is 16.7. The zero-order valence-corrected chi connectivity index (χ0v) is 15.6. The highest BCUT2D eigenvalue weighted by Gasteiger charge is 2.30. The van der Waals surface area contributed by atoms with Crippen LogP contribution in [-0.4, -0.2) is 65.4 Å². The number of carbonyl (C=O) groups excluding carboxylic acids is 1. The molecule has 3 N–H and O–H groups in total. The van der Waals surface area contributed by atoms with Gasteiger partial charge in [0.2, 0.25) is 11.9 Å². The number of hydroxylamine groups is 1. The SMILES string of the molecule is CCNC(=O)ON1CCc2c(-c3cnc(N)nc3)nc(N3CCOCC3)nc21. The zero-order chi connectivity index (χ0) is 19.5. The molecule has 4 heterocycles. The molecular weight excluding hydrogens is 364 g/mol. The third kappa shape index (κ3) is 3.60. The molecule has 11 nitrogen and oxygen atoms in total. The van der Waals surface area contributed by atoms with Crippen molar-refractivity contribution in [2.24, 2.45) is 0 Å². The van der Waals surface area contributed by atoms with Crippen molar-refractivity contribution >= 4 is 23.8 Å². The van der Waals surface area contributed by atoms with Crippen LogP contribution in [0.5, 0.6) is 0 Å². The second kappa shape index (κ2) is 7.80. The van der Waals surface area contributed by atoms with Crippen LogP contribution in [0.1, 0.15) is 12.5 Å². The maximum absolute atomic E-state index is 11.9. The molecule has 0 radical (unpaired) electrons. The number of nitrogen functional groups attached to an aromatic ring is 1. The number of amides is 1. The molecule has 0 aromatic carbocycles. The van der Waals surface area contributed by atoms with Gasteiger partial charge in [-0.2, -0.15) is 10.0 Å². The number of rotatable bonds is 4. The Morgan fingerprint density at radius 2 is 2.00 bits per heavy atom. The van der Waals surface area contributed by atoms with Crippen molar-refractivity contribution in [1.82, 2.24) is 25.3 Å². The fraction of sp³-hybridized carbons (Fsp3) is 0.471. The molecule has 0 spiro atoms. The van der Waals surface area contributed by atoms with Crippen molar-refractivity contribution in [3.63, 3.8) is 0 Å². The number of fused-ring (bicyclic) bond motifs is 1. The lowest BCUT2D eigenvalue weighted by atomic mass is 10.1. The van der Waals surface area contributed by atoms with Gasteiger partial charge in [-0.1, -0.05) is 0 Å². The fourth-order valence-corrected chi connectivity index (χ4v) is 3.19. The Morgan fingerprint density at radius 1 is 1.25 bits per heavy atom. The maximum Gasteiger partial charge on any atom is 0.431 e. The van der Waals surface area contributed by atoms with Crippen molar-refractivity contribution in [3.8, 4) is 11.3 Å². The average Bonchev–Trinajstić information content (AvgIpc) is 3.11. The Hall–Kier alpha value is -3.21. The molecule has 0 saturated carbocycles. The minimum atomic E-state index is -0.515. The second-order valence-corrected chi connectivity index (χ2v) is 6.36. The number of carbonyl (C=O) groups is 1. The lowest BCUT2D eigenvalue weighted by Crippen LogP contribution is -2.38. The van der Waals surface area contributed by atoms with Gasteiger partial charge >= 0.3 is 6.09 Å². The van der Waals surface area contributed by atoms with Crippen LogP contribution < -0.4 is 21.0 Å². The summed E-state index contributed by atoms with van der Waals surface area (Å²) in [5.41, 5.74) is 7.96. The van der Waals surface area contributed by atoms with Crippen molar-refractivity contribution in [2.75, 3.05) is 55.1 Å². The van der Waals surface area contributed by atoms with Gasteiger partial charge in [0.1, 0.15) is 0 Å². The highest BCUT2D eigenvalue weighted by Crippen LogP contribution is 2.35. The van der Waals surface area contributed by atoms with Crippen LogP contribution in [0.4, 0.5) is 22.5 Å². The number of aromatic nitrogens is 4. The molecule has 11 heteroatoms. The Morgan fingerprint density at radius 3 is 2.71 bits per heavy atom. The van der Waals surface area contributed by atoms with Crippen molar-refractivity contribution in [3.05, 3.63) is 18.0 Å². The van der Waals surface area contributed by atoms with Crippen molar-refractivity contribution < 1.29 is 14.4 Å². The summed E-state index contributed by atoms with van der Waals surface area (Å²) in [6, 6.07) is 0. The summed E-state index contributed by atoms with van der Waals surface area (Å²) in [6.07, 6.45) is 3.40. The van der Waals surface area contributed by atoms with Gasteiger partial charge in [-0.25, -0.2) is 19.7 Å². The van der Waals surface area contributed by atoms with E-state index < -0.39 is 6.09 Å². The number of nitrogens with two attached hydrogens (primary N) is 1. The van der Waals surface area contributed by atoms with Gasteiger partial charge in [0.05, 0.1) is 25.5 Å². The molecule has 2 aliphatic heterocycles. The molecule has 28 heavy (non-hydrogen) atoms. The van der Waals surface area contributed by atoms with E-state index in [1.54, 1.807) is 12.4 Å². The normalized spacial score (nSPS) is 16.0. The van der Waals surface area contributed by atoms with Crippen LogP contribution in [0.3, 0.4) is 0 Å². The van der Waals surface area contributed by atoms with E-state index in [-0.39, 0.29) is 5.95 Å². The molecular formula is C17H22N8O3. The quantitative estimate of drug-likeness (QED) is 0.760. The van der Waals surface area contributed by atoms with Gasteiger partial charge in [0.25, 0.3) is 0 Å². The van der Waals surface area contributed by atoms with Crippen LogP contribution in [0.2, 0.25) is 0 Å². The molecule has 2 aliphatic rings. The average molecular weight is 386 g/mol. The summed E-state index contributed by atoms with van der Waals surface area (Å²) in [6.45, 7) is 5.41. The number of hydrogen-bond acceptors (Lipinski definition) is 10. The topological polar surface area (TPSA) is 132 Å². The van der Waals surface area contributed by atoms with E-state index in [0.29, 0.717) is 63.3 Å². The molecule has 1 saturated heterocycles. The Labute approximate surface area is 161 Å². The molecule has 1 amide bonds. The Kier molecular flexibility index (Phi) is 5.06. The molecule has 4 rings (SSSR count). The van der Waals surface area contributed by atoms with Crippen LogP contribution in [-0.2, 0) is 16.0 Å². The first-order valence-corrected chi connectivity index (χ1v) is 9.20. The van der Waals surface area contributed by atoms with E-state index >= 15 is 0 Å². The summed E-state index contributed by atoms with van der Waals surface area (Å²) >= 11 is 0. The number of hydrogen-bond donors (Lipinski definition) is 2. The number of nitrogens with zero attached hydrogens (tertiary/aromatic N) is 6. The number of morpholine rings is 1. The van der Waals surface area contributed by atoms with Gasteiger partial charge in [0, 0.05) is 43.2 Å². The summed E-state index contributed by atoms with van der Waals surface area (Å²) < 4.78 is 5.42. The van der Waals surface area contributed by atoms with Crippen molar-refractivity contribution in [2.45, 2.75) is 13.3 Å². The summed E-state index contributed by atoms with van der Waals surface area (Å²) in [7, 11) is 0. The first kappa shape index (κ1) is 18.2. The summed E-state index contributed by atoms with van der Waals surface area (Å²) in [4.78, 5) is 37.0. The second-order valence-electron chi connectivity index (χ2n) is 6.36. The summed E-state index contributed by atoms with van der Waals surface area (Å²) in [5, 5.41) is 4.13. The first-order valence-electron chi connectivity index (χ1n) is 9.20. The lowest BCUT2D eigenvalue weighted by Gasteiger charge is -2.28. The van der Waals surface area contributed by atoms with E-state index in [0.717, 1.165) is 11.1 Å². The Balaban J connectivity index is 1.74. The van der Waals surface area contributed by atoms with Gasteiger partial charge in [-0.3, -0.25) is 0 Å². The van der Waals surface area contributed by atoms with Crippen LogP contribution in [0, 0.1) is 0 Å². The number of ether oxygens (including phenoxy) is 1.